The van der Waals surface area contributed by atoms with Crippen LogP contribution in [0.15, 0.2) is 36.5 Å². The lowest BCUT2D eigenvalue weighted by atomic mass is 10.0. The molecule has 1 fully saturated rings. The third kappa shape index (κ3) is 4.05. The van der Waals surface area contributed by atoms with Gasteiger partial charge in [-0.05, 0) is 37.3 Å². The summed E-state index contributed by atoms with van der Waals surface area (Å²) in [7, 11) is 4.71. The third-order valence-electron chi connectivity index (χ3n) is 5.50. The highest BCUT2D eigenvalue weighted by Crippen LogP contribution is 2.41. The predicted octanol–water partition coefficient (Wildman–Crippen LogP) is 3.23. The van der Waals surface area contributed by atoms with Crippen molar-refractivity contribution in [2.24, 2.45) is 5.92 Å². The molecule has 0 aliphatic carbocycles. The molecule has 4 rings (SSSR count). The summed E-state index contributed by atoms with van der Waals surface area (Å²) in [5.74, 6) is 2.19. The molecule has 1 saturated heterocycles. The predicted molar refractivity (Wildman–Crippen MR) is 116 cm³/mol. The van der Waals surface area contributed by atoms with Crippen LogP contribution in [0.25, 0.3) is 22.2 Å². The van der Waals surface area contributed by atoms with Gasteiger partial charge in [-0.15, -0.1) is 0 Å². The van der Waals surface area contributed by atoms with Gasteiger partial charge in [0.1, 0.15) is 6.10 Å². The zero-order valence-corrected chi connectivity index (χ0v) is 18.0. The van der Waals surface area contributed by atoms with Crippen molar-refractivity contribution in [3.63, 3.8) is 0 Å². The van der Waals surface area contributed by atoms with E-state index in [-0.39, 0.29) is 17.9 Å². The van der Waals surface area contributed by atoms with Crippen LogP contribution in [-0.4, -0.2) is 49.9 Å². The quantitative estimate of drug-likeness (QED) is 0.624. The average molecular weight is 423 g/mol. The normalized spacial score (nSPS) is 16.6. The Bertz CT molecular complexity index is 1090. The highest BCUT2D eigenvalue weighted by molar-refractivity contribution is 5.87. The molecule has 31 heavy (non-hydrogen) atoms. The number of hydrogen-bond donors (Lipinski definition) is 1. The van der Waals surface area contributed by atoms with Gasteiger partial charge in [-0.2, -0.15) is 0 Å². The standard InChI is InChI=1S/C23H25N3O5/c1-13(15-10-21(27)25-12-15)31-23-16-6-5-7-24-18(16)11-17(26-23)14-8-19(28-2)22(30-4)20(9-14)29-3/h5-9,11,13,15H,10,12H2,1-4H3,(H,25,27)/t13-,15+/m0/s1. The van der Waals surface area contributed by atoms with E-state index in [1.807, 2.05) is 37.3 Å². The topological polar surface area (TPSA) is 91.8 Å². The molecule has 1 aromatic carbocycles. The highest BCUT2D eigenvalue weighted by atomic mass is 16.5. The fraction of sp³-hybridized carbons (Fsp3) is 0.348. The van der Waals surface area contributed by atoms with E-state index in [0.717, 1.165) is 16.5 Å². The minimum atomic E-state index is -0.190. The van der Waals surface area contributed by atoms with Crippen LogP contribution in [0.3, 0.4) is 0 Å². The molecule has 0 bridgehead atoms. The zero-order chi connectivity index (χ0) is 22.0. The molecule has 0 radical (unpaired) electrons. The van der Waals surface area contributed by atoms with E-state index >= 15 is 0 Å². The van der Waals surface area contributed by atoms with Gasteiger partial charge in [0.15, 0.2) is 11.5 Å². The van der Waals surface area contributed by atoms with Gasteiger partial charge in [-0.3, -0.25) is 9.78 Å². The van der Waals surface area contributed by atoms with E-state index in [0.29, 0.717) is 41.8 Å². The lowest BCUT2D eigenvalue weighted by Crippen LogP contribution is -2.26. The van der Waals surface area contributed by atoms with Gasteiger partial charge >= 0.3 is 0 Å². The molecule has 3 heterocycles. The second kappa shape index (κ2) is 8.67. The Morgan fingerprint density at radius 2 is 1.84 bits per heavy atom. The maximum absolute atomic E-state index is 11.6. The van der Waals surface area contributed by atoms with Gasteiger partial charge in [0.25, 0.3) is 0 Å². The van der Waals surface area contributed by atoms with E-state index in [4.69, 9.17) is 23.9 Å². The molecule has 1 aliphatic heterocycles. The summed E-state index contributed by atoms with van der Waals surface area (Å²) >= 11 is 0. The molecule has 0 unspecified atom stereocenters. The molecule has 0 saturated carbocycles. The van der Waals surface area contributed by atoms with E-state index in [9.17, 15) is 4.79 Å². The summed E-state index contributed by atoms with van der Waals surface area (Å²) in [6, 6.07) is 9.35. The van der Waals surface area contributed by atoms with Gasteiger partial charge in [0, 0.05) is 30.6 Å². The smallest absolute Gasteiger partial charge is 0.223 e. The summed E-state index contributed by atoms with van der Waals surface area (Å²) in [6.45, 7) is 2.56. The minimum Gasteiger partial charge on any atom is -0.493 e. The van der Waals surface area contributed by atoms with Gasteiger partial charge < -0.3 is 24.3 Å². The van der Waals surface area contributed by atoms with E-state index in [1.54, 1.807) is 27.5 Å². The molecule has 162 valence electrons. The van der Waals surface area contributed by atoms with Crippen LogP contribution in [0.2, 0.25) is 0 Å². The largest absolute Gasteiger partial charge is 0.493 e. The monoisotopic (exact) mass is 423 g/mol. The van der Waals surface area contributed by atoms with Crippen LogP contribution in [0, 0.1) is 5.92 Å². The first-order valence-corrected chi connectivity index (χ1v) is 10.0. The van der Waals surface area contributed by atoms with Crippen LogP contribution in [0.1, 0.15) is 13.3 Å². The van der Waals surface area contributed by atoms with Crippen LogP contribution in [0.4, 0.5) is 0 Å². The maximum Gasteiger partial charge on any atom is 0.223 e. The number of methoxy groups -OCH3 is 3. The Morgan fingerprint density at radius 1 is 1.10 bits per heavy atom. The van der Waals surface area contributed by atoms with E-state index in [1.165, 1.54) is 0 Å². The van der Waals surface area contributed by atoms with Crippen LogP contribution in [0.5, 0.6) is 23.1 Å². The Kier molecular flexibility index (Phi) is 5.79. The number of carbonyl (C=O) groups is 1. The molecular formula is C23H25N3O5. The Balaban J connectivity index is 1.78. The van der Waals surface area contributed by atoms with Crippen LogP contribution < -0.4 is 24.3 Å². The summed E-state index contributed by atoms with van der Waals surface area (Å²) in [4.78, 5) is 20.9. The average Bonchev–Trinajstić information content (AvgIpc) is 3.24. The molecule has 1 N–H and O–H groups in total. The second-order valence-electron chi connectivity index (χ2n) is 7.39. The molecule has 8 nitrogen and oxygen atoms in total. The van der Waals surface area contributed by atoms with Crippen molar-refractivity contribution in [1.82, 2.24) is 15.3 Å². The lowest BCUT2D eigenvalue weighted by molar-refractivity contribution is -0.119. The fourth-order valence-corrected chi connectivity index (χ4v) is 3.74. The molecule has 3 aromatic rings. The van der Waals surface area contributed by atoms with E-state index in [2.05, 4.69) is 10.3 Å². The van der Waals surface area contributed by atoms with Crippen LogP contribution >= 0.6 is 0 Å². The molecule has 8 heteroatoms. The van der Waals surface area contributed by atoms with Crippen molar-refractivity contribution in [2.45, 2.75) is 19.4 Å². The number of carbonyl (C=O) groups excluding carboxylic acids is 1. The summed E-state index contributed by atoms with van der Waals surface area (Å²) in [5, 5.41) is 3.66. The van der Waals surface area contributed by atoms with Gasteiger partial charge in [-0.1, -0.05) is 0 Å². The number of aromatic nitrogens is 2. The van der Waals surface area contributed by atoms with Crippen LogP contribution in [-0.2, 0) is 4.79 Å². The van der Waals surface area contributed by atoms with Gasteiger partial charge in [0.05, 0.1) is 37.9 Å². The second-order valence-corrected chi connectivity index (χ2v) is 7.39. The number of amides is 1. The number of hydrogen-bond acceptors (Lipinski definition) is 7. The SMILES string of the molecule is COc1cc(-c2cc3ncccc3c(O[C@@H](C)[C@H]3CNC(=O)C3)n2)cc(OC)c1OC. The Labute approximate surface area is 180 Å². The third-order valence-corrected chi connectivity index (χ3v) is 5.50. The molecule has 0 spiro atoms. The number of ether oxygens (including phenoxy) is 4. The van der Waals surface area contributed by atoms with Crippen molar-refractivity contribution in [2.75, 3.05) is 27.9 Å². The molecule has 2 aromatic heterocycles. The van der Waals surface area contributed by atoms with Crippen molar-refractivity contribution in [3.8, 4) is 34.4 Å². The Hall–Kier alpha value is -3.55. The van der Waals surface area contributed by atoms with Gasteiger partial charge in [0.2, 0.25) is 17.5 Å². The van der Waals surface area contributed by atoms with Crippen molar-refractivity contribution in [1.29, 1.82) is 0 Å². The first kappa shape index (κ1) is 20.7. The van der Waals surface area contributed by atoms with Crippen molar-refractivity contribution >= 4 is 16.8 Å². The van der Waals surface area contributed by atoms with Crippen molar-refractivity contribution in [3.05, 3.63) is 36.5 Å². The van der Waals surface area contributed by atoms with E-state index < -0.39 is 0 Å². The molecule has 1 amide bonds. The fourth-order valence-electron chi connectivity index (χ4n) is 3.74. The first-order chi connectivity index (χ1) is 15.0. The first-order valence-electron chi connectivity index (χ1n) is 10.0. The molecule has 2 atom stereocenters. The maximum atomic E-state index is 11.6. The number of fused-ring (bicyclic) bond motifs is 1. The Morgan fingerprint density at radius 3 is 2.45 bits per heavy atom. The van der Waals surface area contributed by atoms with Crippen molar-refractivity contribution < 1.29 is 23.7 Å². The zero-order valence-electron chi connectivity index (χ0n) is 18.0. The highest BCUT2D eigenvalue weighted by Gasteiger charge is 2.29. The number of pyridine rings is 2. The van der Waals surface area contributed by atoms with Gasteiger partial charge in [-0.25, -0.2) is 4.98 Å². The number of nitrogens with one attached hydrogen (secondary N) is 1. The number of rotatable bonds is 7. The number of benzene rings is 1. The summed E-state index contributed by atoms with van der Waals surface area (Å²) < 4.78 is 22.6. The molecule has 1 aliphatic rings. The minimum absolute atomic E-state index is 0.0473. The molecular weight excluding hydrogens is 398 g/mol. The number of nitrogens with zero attached hydrogens (tertiary/aromatic N) is 2. The summed E-state index contributed by atoms with van der Waals surface area (Å²) in [5.41, 5.74) is 2.19. The summed E-state index contributed by atoms with van der Waals surface area (Å²) in [6.07, 6.45) is 1.99. The lowest BCUT2D eigenvalue weighted by Gasteiger charge is -2.20.